The van der Waals surface area contributed by atoms with Crippen molar-refractivity contribution in [3.05, 3.63) is 48.8 Å². The summed E-state index contributed by atoms with van der Waals surface area (Å²) in [5.41, 5.74) is 18.1. The summed E-state index contributed by atoms with van der Waals surface area (Å²) >= 11 is 0. The van der Waals surface area contributed by atoms with E-state index in [0.717, 1.165) is 31.6 Å². The van der Waals surface area contributed by atoms with Gasteiger partial charge in [-0.25, -0.2) is 4.99 Å². The van der Waals surface area contributed by atoms with Crippen LogP contribution < -0.4 is 22.1 Å². The molecule has 7 heteroatoms. The number of aromatic nitrogens is 1. The third-order valence-corrected chi connectivity index (χ3v) is 4.22. The van der Waals surface area contributed by atoms with Gasteiger partial charge in [-0.2, -0.15) is 4.99 Å². The maximum Gasteiger partial charge on any atom is 0.223 e. The molecule has 2 aromatic rings. The fraction of sp³-hybridized carbons (Fsp3) is 0.294. The van der Waals surface area contributed by atoms with E-state index < -0.39 is 0 Å². The van der Waals surface area contributed by atoms with Crippen LogP contribution in [0.5, 0.6) is 0 Å². The number of guanidine groups is 2. The van der Waals surface area contributed by atoms with Gasteiger partial charge in [0.15, 0.2) is 5.96 Å². The second-order valence-electron chi connectivity index (χ2n) is 5.87. The van der Waals surface area contributed by atoms with Crippen molar-refractivity contribution >= 4 is 23.3 Å². The molecule has 0 saturated carbocycles. The molecule has 24 heavy (non-hydrogen) atoms. The van der Waals surface area contributed by atoms with Crippen molar-refractivity contribution in [1.82, 2.24) is 4.57 Å². The average Bonchev–Trinajstić information content (AvgIpc) is 3.09. The summed E-state index contributed by atoms with van der Waals surface area (Å²) in [6, 6.07) is 12.7. The zero-order valence-electron chi connectivity index (χ0n) is 13.5. The lowest BCUT2D eigenvalue weighted by Gasteiger charge is -2.34. The van der Waals surface area contributed by atoms with Gasteiger partial charge in [0.25, 0.3) is 0 Å². The number of hydrogen-bond acceptors (Lipinski definition) is 2. The lowest BCUT2D eigenvalue weighted by atomic mass is 10.0. The Morgan fingerprint density at radius 3 is 2.17 bits per heavy atom. The number of hydrogen-bond donors (Lipinski definition) is 3. The van der Waals surface area contributed by atoms with Crippen LogP contribution in [-0.4, -0.2) is 29.6 Å². The van der Waals surface area contributed by atoms with Crippen LogP contribution in [-0.2, 0) is 0 Å². The minimum atomic E-state index is -0.0987. The molecule has 1 aromatic carbocycles. The third-order valence-electron chi connectivity index (χ3n) is 4.22. The molecule has 1 aromatic heterocycles. The summed E-state index contributed by atoms with van der Waals surface area (Å²) in [6.45, 7) is 2.09. The molecule has 0 aliphatic carbocycles. The maximum atomic E-state index is 5.64. The van der Waals surface area contributed by atoms with Gasteiger partial charge in [-0.3, -0.25) is 0 Å². The number of rotatable bonds is 3. The van der Waals surface area contributed by atoms with Crippen molar-refractivity contribution in [1.29, 1.82) is 0 Å². The first-order valence-corrected chi connectivity index (χ1v) is 8.03. The number of nitrogens with two attached hydrogens (primary N) is 3. The highest BCUT2D eigenvalue weighted by atomic mass is 15.2. The van der Waals surface area contributed by atoms with Crippen LogP contribution in [0.4, 0.5) is 11.4 Å². The number of aliphatic imine (C=N–C) groups is 2. The molecule has 0 amide bonds. The first-order chi connectivity index (χ1) is 11.6. The molecule has 1 aliphatic heterocycles. The van der Waals surface area contributed by atoms with E-state index in [9.17, 15) is 0 Å². The van der Waals surface area contributed by atoms with Crippen LogP contribution >= 0.6 is 0 Å². The minimum Gasteiger partial charge on any atom is -0.371 e. The molecule has 2 heterocycles. The van der Waals surface area contributed by atoms with Crippen molar-refractivity contribution < 1.29 is 0 Å². The highest BCUT2D eigenvalue weighted by Crippen LogP contribution is 2.27. The van der Waals surface area contributed by atoms with Crippen LogP contribution in [0.1, 0.15) is 18.9 Å². The van der Waals surface area contributed by atoms with Gasteiger partial charge in [0.05, 0.1) is 5.69 Å². The molecule has 3 rings (SSSR count). The highest BCUT2D eigenvalue weighted by Gasteiger charge is 2.19. The van der Waals surface area contributed by atoms with Gasteiger partial charge >= 0.3 is 0 Å². The Hall–Kier alpha value is -2.96. The van der Waals surface area contributed by atoms with E-state index in [1.54, 1.807) is 0 Å². The van der Waals surface area contributed by atoms with E-state index in [4.69, 9.17) is 17.2 Å². The zero-order valence-corrected chi connectivity index (χ0v) is 13.5. The number of piperidine rings is 1. The second kappa shape index (κ2) is 7.08. The van der Waals surface area contributed by atoms with Crippen molar-refractivity contribution in [2.45, 2.75) is 18.9 Å². The monoisotopic (exact) mass is 325 g/mol. The molecule has 0 radical (unpaired) electrons. The maximum absolute atomic E-state index is 5.64. The molecule has 0 unspecified atom stereocenters. The topological polar surface area (TPSA) is 111 Å². The van der Waals surface area contributed by atoms with Crippen LogP contribution in [0.3, 0.4) is 0 Å². The van der Waals surface area contributed by atoms with Crippen molar-refractivity contribution in [3.63, 3.8) is 0 Å². The fourth-order valence-electron chi connectivity index (χ4n) is 3.04. The van der Waals surface area contributed by atoms with Gasteiger partial charge in [-0.15, -0.1) is 0 Å². The SMILES string of the molecule is NC(N)=NC(N)=Nc1ccc(N2CCC(n3cccc3)CC2)cc1. The molecule has 0 bridgehead atoms. The van der Waals surface area contributed by atoms with Gasteiger partial charge < -0.3 is 26.7 Å². The van der Waals surface area contributed by atoms with Gasteiger partial charge in [0, 0.05) is 37.2 Å². The van der Waals surface area contributed by atoms with Crippen LogP contribution in [0.2, 0.25) is 0 Å². The Bertz CT molecular complexity index is 704. The lowest BCUT2D eigenvalue weighted by Crippen LogP contribution is -2.34. The van der Waals surface area contributed by atoms with E-state index in [0.29, 0.717) is 6.04 Å². The Morgan fingerprint density at radius 2 is 1.58 bits per heavy atom. The standard InChI is InChI=1S/C17H23N7/c18-16(19)22-17(20)21-13-3-5-14(6-4-13)24-11-7-15(8-12-24)23-9-1-2-10-23/h1-6,9-10,15H,7-8,11-12H2,(H6,18,19,20,21,22). The molecule has 7 nitrogen and oxygen atoms in total. The Kier molecular flexibility index (Phi) is 4.69. The quantitative estimate of drug-likeness (QED) is 0.587. The van der Waals surface area contributed by atoms with E-state index in [1.165, 1.54) is 5.69 Å². The van der Waals surface area contributed by atoms with Crippen molar-refractivity contribution in [3.8, 4) is 0 Å². The Labute approximate surface area is 141 Å². The lowest BCUT2D eigenvalue weighted by molar-refractivity contribution is 0.397. The number of anilines is 1. The first kappa shape index (κ1) is 15.9. The summed E-state index contributed by atoms with van der Waals surface area (Å²) < 4.78 is 2.31. The fourth-order valence-corrected chi connectivity index (χ4v) is 3.04. The van der Waals surface area contributed by atoms with E-state index in [2.05, 4.69) is 56.1 Å². The number of benzene rings is 1. The predicted molar refractivity (Wildman–Crippen MR) is 98.5 cm³/mol. The van der Waals surface area contributed by atoms with Crippen LogP contribution in [0, 0.1) is 0 Å². The normalized spacial score (nSPS) is 16.2. The number of nitrogens with zero attached hydrogens (tertiary/aromatic N) is 4. The molecule has 1 aliphatic rings. The predicted octanol–water partition coefficient (Wildman–Crippen LogP) is 1.55. The van der Waals surface area contributed by atoms with Crippen LogP contribution in [0.15, 0.2) is 58.8 Å². The van der Waals surface area contributed by atoms with E-state index in [1.807, 2.05) is 12.1 Å². The molecule has 0 spiro atoms. The summed E-state index contributed by atoms with van der Waals surface area (Å²) in [5.74, 6) is -0.0475. The van der Waals surface area contributed by atoms with Gasteiger partial charge in [-0.1, -0.05) is 0 Å². The van der Waals surface area contributed by atoms with Crippen molar-refractivity contribution in [2.75, 3.05) is 18.0 Å². The van der Waals surface area contributed by atoms with E-state index in [-0.39, 0.29) is 11.9 Å². The Morgan fingerprint density at radius 1 is 0.958 bits per heavy atom. The molecular weight excluding hydrogens is 302 g/mol. The largest absolute Gasteiger partial charge is 0.371 e. The Balaban J connectivity index is 1.61. The van der Waals surface area contributed by atoms with Crippen LogP contribution in [0.25, 0.3) is 0 Å². The average molecular weight is 325 g/mol. The summed E-state index contributed by atoms with van der Waals surface area (Å²) in [7, 11) is 0. The highest BCUT2D eigenvalue weighted by molar-refractivity contribution is 5.93. The second-order valence-corrected chi connectivity index (χ2v) is 5.87. The molecule has 126 valence electrons. The molecule has 0 atom stereocenters. The zero-order chi connectivity index (χ0) is 16.9. The molecular formula is C17H23N7. The first-order valence-electron chi connectivity index (χ1n) is 8.03. The van der Waals surface area contributed by atoms with E-state index >= 15 is 0 Å². The summed E-state index contributed by atoms with van der Waals surface area (Å²) in [6.07, 6.45) is 6.58. The summed E-state index contributed by atoms with van der Waals surface area (Å²) in [4.78, 5) is 10.3. The van der Waals surface area contributed by atoms with Gasteiger partial charge in [-0.05, 0) is 49.2 Å². The molecule has 1 fully saturated rings. The third kappa shape index (κ3) is 3.87. The minimum absolute atomic E-state index is 0.0512. The molecule has 1 saturated heterocycles. The van der Waals surface area contributed by atoms with Crippen molar-refractivity contribution in [2.24, 2.45) is 27.2 Å². The van der Waals surface area contributed by atoms with Gasteiger partial charge in [0.1, 0.15) is 0 Å². The summed E-state index contributed by atoms with van der Waals surface area (Å²) in [5, 5.41) is 0. The molecule has 6 N–H and O–H groups in total. The van der Waals surface area contributed by atoms with Gasteiger partial charge in [0.2, 0.25) is 5.96 Å². The smallest absolute Gasteiger partial charge is 0.223 e.